The molecule has 0 aromatic carbocycles. The summed E-state index contributed by atoms with van der Waals surface area (Å²) in [5.41, 5.74) is 0. The molecule has 10 heavy (non-hydrogen) atoms. The fraction of sp³-hybridized carbons (Fsp3) is 0. The average Bonchev–Trinajstić information content (AvgIpc) is 0. The molecule has 0 radical (unpaired) electrons. The predicted octanol–water partition coefficient (Wildman–Crippen LogP) is -2.79. The molecule has 0 saturated heterocycles. The second-order valence-corrected chi connectivity index (χ2v) is 0. The van der Waals surface area contributed by atoms with E-state index in [0.29, 0.717) is 0 Å². The van der Waals surface area contributed by atoms with E-state index in [1.807, 2.05) is 0 Å². The number of rotatable bonds is 0. The largest absolute Gasteiger partial charge is 2.00 e. The first kappa shape index (κ1) is 2390. The maximum Gasteiger partial charge on any atom is 2.00 e. The van der Waals surface area contributed by atoms with E-state index in [2.05, 4.69) is 0 Å². The van der Waals surface area contributed by atoms with E-state index >= 15 is 0 Å². The molecule has 0 bridgehead atoms. The molecule has 0 aliphatic carbocycles. The molecule has 0 aromatic rings. The van der Waals surface area contributed by atoms with Gasteiger partial charge in [-0.2, -0.15) is 0 Å². The Kier molecular flexibility index (Phi) is 414000. The molecule has 10 heteroatoms. The number of hydrogen-bond acceptors (Lipinski definition) is 5. The van der Waals surface area contributed by atoms with E-state index in [0.717, 1.165) is 0 Å². The van der Waals surface area contributed by atoms with E-state index in [4.69, 9.17) is 0 Å². The van der Waals surface area contributed by atoms with Crippen molar-refractivity contribution in [1.82, 2.24) is 0 Å². The minimum Gasteiger partial charge on any atom is -0.870 e. The van der Waals surface area contributed by atoms with E-state index in [9.17, 15) is 0 Å². The smallest absolute Gasteiger partial charge is 0.870 e. The maximum absolute atomic E-state index is 0. The molecule has 0 atom stereocenters. The molecule has 0 aromatic heterocycles. The van der Waals surface area contributed by atoms with Crippen molar-refractivity contribution in [2.45, 2.75) is 0 Å². The summed E-state index contributed by atoms with van der Waals surface area (Å²) >= 11 is 0. The Labute approximate surface area is 78.6 Å². The quantitative estimate of drug-likeness (QED) is 0.324. The maximum atomic E-state index is 0. The summed E-state index contributed by atoms with van der Waals surface area (Å²) in [5, 5.41) is 0. The molecule has 0 unspecified atom stereocenters. The monoisotopic (exact) mass is 130 g/mol. The Hall–Kier alpha value is 0.644. The van der Waals surface area contributed by atoms with Crippen LogP contribution in [0.1, 0.15) is 0 Å². The van der Waals surface area contributed by atoms with Crippen LogP contribution in [-0.4, -0.2) is 78.0 Å². The van der Waals surface area contributed by atoms with Crippen molar-refractivity contribution in [2.75, 3.05) is 0 Å². The van der Waals surface area contributed by atoms with Gasteiger partial charge in [0.2, 0.25) is 0 Å². The third-order valence-corrected chi connectivity index (χ3v) is 0. The molecular formula is H5Be5O5+5. The Morgan fingerprint density at radius 1 is 0.200 bits per heavy atom. The second-order valence-electron chi connectivity index (χ2n) is 0. The third kappa shape index (κ3) is 1220. The molecule has 0 aliphatic rings. The molecule has 0 aliphatic heterocycles. The normalized spacial score (nSPS) is 0. The van der Waals surface area contributed by atoms with Crippen LogP contribution in [0.25, 0.3) is 0 Å². The van der Waals surface area contributed by atoms with E-state index in [1.54, 1.807) is 0 Å². The molecule has 5 N–H and O–H groups in total. The fourth-order valence-electron chi connectivity index (χ4n) is 0. The van der Waals surface area contributed by atoms with Gasteiger partial charge < -0.3 is 27.4 Å². The van der Waals surface area contributed by atoms with Crippen LogP contribution in [0.15, 0.2) is 0 Å². The first-order valence-corrected chi connectivity index (χ1v) is 0. The van der Waals surface area contributed by atoms with Crippen molar-refractivity contribution in [1.29, 1.82) is 0 Å². The first-order valence-electron chi connectivity index (χ1n) is 0. The molecule has 0 rings (SSSR count). The van der Waals surface area contributed by atoms with Gasteiger partial charge in [-0.1, -0.05) is 0 Å². The summed E-state index contributed by atoms with van der Waals surface area (Å²) < 4.78 is 0. The van der Waals surface area contributed by atoms with E-state index in [1.165, 1.54) is 0 Å². The van der Waals surface area contributed by atoms with Crippen molar-refractivity contribution < 1.29 is 27.4 Å². The van der Waals surface area contributed by atoms with Crippen molar-refractivity contribution in [2.24, 2.45) is 0 Å². The zero-order valence-corrected chi connectivity index (χ0v) is 5.77. The van der Waals surface area contributed by atoms with E-state index in [-0.39, 0.29) is 78.0 Å². The molecule has 0 heterocycles. The van der Waals surface area contributed by atoms with Crippen molar-refractivity contribution in [3.63, 3.8) is 0 Å². The van der Waals surface area contributed by atoms with Gasteiger partial charge in [-0.3, -0.25) is 0 Å². The van der Waals surface area contributed by atoms with Crippen molar-refractivity contribution >= 4 is 50.6 Å². The summed E-state index contributed by atoms with van der Waals surface area (Å²) in [6.07, 6.45) is 0. The van der Waals surface area contributed by atoms with Gasteiger partial charge in [-0.25, -0.2) is 0 Å². The molecular weight excluding hydrogens is 125 g/mol. The van der Waals surface area contributed by atoms with Crippen LogP contribution in [0.4, 0.5) is 0 Å². The van der Waals surface area contributed by atoms with Gasteiger partial charge >= 0.3 is 50.6 Å². The van der Waals surface area contributed by atoms with Crippen LogP contribution in [0.5, 0.6) is 0 Å². The Balaban J connectivity index is 0. The summed E-state index contributed by atoms with van der Waals surface area (Å²) in [6, 6.07) is 0. The van der Waals surface area contributed by atoms with Crippen LogP contribution in [-0.2, 0) is 0 Å². The van der Waals surface area contributed by atoms with Crippen LogP contribution in [0.3, 0.4) is 0 Å². The van der Waals surface area contributed by atoms with Gasteiger partial charge in [-0.15, -0.1) is 0 Å². The van der Waals surface area contributed by atoms with Gasteiger partial charge in [0.15, 0.2) is 0 Å². The van der Waals surface area contributed by atoms with Crippen LogP contribution in [0.2, 0.25) is 0 Å². The molecule has 40 valence electrons. The van der Waals surface area contributed by atoms with Crippen molar-refractivity contribution in [3.05, 3.63) is 0 Å². The fourth-order valence-corrected chi connectivity index (χ4v) is 0. The Morgan fingerprint density at radius 2 is 0.200 bits per heavy atom. The Morgan fingerprint density at radius 3 is 0.200 bits per heavy atom. The van der Waals surface area contributed by atoms with Crippen LogP contribution < -0.4 is 0 Å². The summed E-state index contributed by atoms with van der Waals surface area (Å²) in [4.78, 5) is 0. The van der Waals surface area contributed by atoms with Gasteiger partial charge in [0.25, 0.3) is 0 Å². The zero-order chi connectivity index (χ0) is 0. The van der Waals surface area contributed by atoms with Crippen LogP contribution >= 0.6 is 0 Å². The average molecular weight is 130 g/mol. The Bertz CT molecular complexity index is 10.0. The van der Waals surface area contributed by atoms with Gasteiger partial charge in [0, 0.05) is 0 Å². The minimum atomic E-state index is 0. The second kappa shape index (κ2) is 1740. The zero-order valence-electron chi connectivity index (χ0n) is 5.77. The van der Waals surface area contributed by atoms with E-state index < -0.39 is 0 Å². The molecule has 0 fully saturated rings. The van der Waals surface area contributed by atoms with Gasteiger partial charge in [0.05, 0.1) is 0 Å². The summed E-state index contributed by atoms with van der Waals surface area (Å²) in [7, 11) is 0. The van der Waals surface area contributed by atoms with Crippen molar-refractivity contribution in [3.8, 4) is 0 Å². The van der Waals surface area contributed by atoms with Gasteiger partial charge in [0.1, 0.15) is 0 Å². The predicted molar refractivity (Wildman–Crippen MR) is 38.4 cm³/mol. The third-order valence-electron chi connectivity index (χ3n) is 0. The topological polar surface area (TPSA) is 150 Å². The van der Waals surface area contributed by atoms with Crippen LogP contribution in [0, 0.1) is 0 Å². The standard InChI is InChI=1S/5Be.5H2O/h;;;;;5*1H2/q5*+2;;;;;/p-5. The first-order chi connectivity index (χ1) is 0. The molecule has 0 saturated carbocycles. The van der Waals surface area contributed by atoms with Gasteiger partial charge in [-0.05, 0) is 0 Å². The molecule has 0 spiro atoms. The number of hydrogen-bond donors (Lipinski definition) is 0. The molecule has 5 nitrogen and oxygen atoms in total. The summed E-state index contributed by atoms with van der Waals surface area (Å²) in [5.74, 6) is 0. The SMILES string of the molecule is [Be+2].[Be+2].[Be+2].[Be+2].[Be+2].[OH-].[OH-].[OH-].[OH-].[OH-]. The minimum absolute atomic E-state index is 0. The summed E-state index contributed by atoms with van der Waals surface area (Å²) in [6.45, 7) is 0. The molecule has 0 amide bonds.